The number of nitrogens with zero attached hydrogens (tertiary/aromatic N) is 2. The van der Waals surface area contributed by atoms with Gasteiger partial charge in [-0.3, -0.25) is 0 Å². The molecule has 27 heavy (non-hydrogen) atoms. The van der Waals surface area contributed by atoms with E-state index < -0.39 is 0 Å². The van der Waals surface area contributed by atoms with Crippen molar-refractivity contribution < 1.29 is 14.2 Å². The maximum absolute atomic E-state index is 5.85. The minimum absolute atomic E-state index is 0.00792. The fourth-order valence-electron chi connectivity index (χ4n) is 3.50. The average Bonchev–Trinajstić information content (AvgIpc) is 3.25. The largest absolute Gasteiger partial charge is 0.474 e. The summed E-state index contributed by atoms with van der Waals surface area (Å²) in [5, 5.41) is 0. The van der Waals surface area contributed by atoms with Crippen LogP contribution >= 0.6 is 0 Å². The first-order valence-corrected chi connectivity index (χ1v) is 9.35. The van der Waals surface area contributed by atoms with Crippen LogP contribution in [0.2, 0.25) is 0 Å². The third kappa shape index (κ3) is 4.03. The third-order valence-electron chi connectivity index (χ3n) is 4.83. The molecule has 0 bridgehead atoms. The molecule has 0 fully saturated rings. The van der Waals surface area contributed by atoms with Gasteiger partial charge in [-0.1, -0.05) is 60.7 Å². The molecule has 0 spiro atoms. The van der Waals surface area contributed by atoms with Gasteiger partial charge in [-0.25, -0.2) is 9.98 Å². The summed E-state index contributed by atoms with van der Waals surface area (Å²) in [7, 11) is 0. The van der Waals surface area contributed by atoms with Gasteiger partial charge in [-0.05, 0) is 25.0 Å². The molecule has 4 rings (SSSR count). The molecule has 0 N–H and O–H groups in total. The molecular weight excluding hydrogens is 340 g/mol. The molecule has 0 radical (unpaired) electrons. The van der Waals surface area contributed by atoms with Crippen LogP contribution in [0.25, 0.3) is 0 Å². The summed E-state index contributed by atoms with van der Waals surface area (Å²) < 4.78 is 17.5. The maximum atomic E-state index is 5.85. The molecule has 0 saturated carbocycles. The molecule has 140 valence electrons. The summed E-state index contributed by atoms with van der Waals surface area (Å²) in [6, 6.07) is 20.4. The van der Waals surface area contributed by atoms with Crippen molar-refractivity contribution in [1.82, 2.24) is 0 Å². The van der Waals surface area contributed by atoms with Crippen molar-refractivity contribution in [3.05, 3.63) is 71.8 Å². The molecular formula is C22H24N2O3. The van der Waals surface area contributed by atoms with Crippen LogP contribution < -0.4 is 0 Å². The lowest BCUT2D eigenvalue weighted by molar-refractivity contribution is 0.142. The highest BCUT2D eigenvalue weighted by Crippen LogP contribution is 2.30. The Morgan fingerprint density at radius 1 is 0.704 bits per heavy atom. The molecule has 2 aromatic carbocycles. The Hall–Kier alpha value is -2.66. The summed E-state index contributed by atoms with van der Waals surface area (Å²) in [6.45, 7) is 4.70. The Balaban J connectivity index is 1.33. The van der Waals surface area contributed by atoms with E-state index >= 15 is 0 Å². The van der Waals surface area contributed by atoms with Gasteiger partial charge >= 0.3 is 0 Å². The molecule has 2 aliphatic heterocycles. The molecule has 2 aromatic rings. The van der Waals surface area contributed by atoms with E-state index in [1.807, 2.05) is 50.2 Å². The quantitative estimate of drug-likeness (QED) is 0.775. The summed E-state index contributed by atoms with van der Waals surface area (Å²) >= 11 is 0. The highest BCUT2D eigenvalue weighted by atomic mass is 16.6. The number of hydrogen-bond acceptors (Lipinski definition) is 5. The Morgan fingerprint density at radius 2 is 1.11 bits per heavy atom. The van der Waals surface area contributed by atoms with E-state index in [9.17, 15) is 0 Å². The molecule has 0 unspecified atom stereocenters. The first-order chi connectivity index (χ1) is 13.2. The Morgan fingerprint density at radius 3 is 1.52 bits per heavy atom. The number of aliphatic imine (C=N–C) groups is 2. The monoisotopic (exact) mass is 364 g/mol. The van der Waals surface area contributed by atoms with Crippen molar-refractivity contribution in [3.8, 4) is 0 Å². The number of benzene rings is 2. The molecule has 0 aliphatic carbocycles. The van der Waals surface area contributed by atoms with E-state index in [1.54, 1.807) is 0 Å². The minimum Gasteiger partial charge on any atom is -0.474 e. The van der Waals surface area contributed by atoms with Crippen molar-refractivity contribution >= 4 is 11.8 Å². The SMILES string of the molecule is C[C@H]1OC(COCC2=N[C@H](c3ccccc3)[C@@H](C)O2)=N[C@@H]1c1ccccc1. The van der Waals surface area contributed by atoms with Crippen LogP contribution in [-0.2, 0) is 14.2 Å². The van der Waals surface area contributed by atoms with Crippen molar-refractivity contribution in [2.24, 2.45) is 9.98 Å². The van der Waals surface area contributed by atoms with Crippen LogP contribution in [0.5, 0.6) is 0 Å². The van der Waals surface area contributed by atoms with Gasteiger partial charge in [-0.2, -0.15) is 0 Å². The standard InChI is InChI=1S/C22H24N2O3/c1-15-21(17-9-5-3-6-10-17)23-19(26-15)13-25-14-20-24-22(16(2)27-20)18-11-7-4-8-12-18/h3-12,15-16,21-22H,13-14H2,1-2H3/t15-,16-,21+,22+/m1/s1. The molecule has 0 amide bonds. The van der Waals surface area contributed by atoms with Crippen LogP contribution in [0.3, 0.4) is 0 Å². The van der Waals surface area contributed by atoms with Crippen LogP contribution in [-0.4, -0.2) is 37.2 Å². The minimum atomic E-state index is 0.00792. The highest BCUT2D eigenvalue weighted by molar-refractivity contribution is 5.81. The number of hydrogen-bond donors (Lipinski definition) is 0. The predicted octanol–water partition coefficient (Wildman–Crippen LogP) is 4.12. The van der Waals surface area contributed by atoms with E-state index in [4.69, 9.17) is 14.2 Å². The van der Waals surface area contributed by atoms with E-state index in [0.29, 0.717) is 25.0 Å². The molecule has 4 atom stereocenters. The molecule has 0 saturated heterocycles. The second-order valence-electron chi connectivity index (χ2n) is 6.90. The lowest BCUT2D eigenvalue weighted by Crippen LogP contribution is -2.19. The van der Waals surface area contributed by atoms with Crippen LogP contribution in [0.4, 0.5) is 0 Å². The van der Waals surface area contributed by atoms with Gasteiger partial charge in [0, 0.05) is 0 Å². The van der Waals surface area contributed by atoms with Gasteiger partial charge < -0.3 is 14.2 Å². The van der Waals surface area contributed by atoms with E-state index in [0.717, 1.165) is 11.1 Å². The van der Waals surface area contributed by atoms with E-state index in [2.05, 4.69) is 34.3 Å². The van der Waals surface area contributed by atoms with Gasteiger partial charge in [0.15, 0.2) is 0 Å². The van der Waals surface area contributed by atoms with Gasteiger partial charge in [0.1, 0.15) is 37.5 Å². The maximum Gasteiger partial charge on any atom is 0.211 e. The van der Waals surface area contributed by atoms with E-state index in [-0.39, 0.29) is 24.3 Å². The first kappa shape index (κ1) is 17.7. The lowest BCUT2D eigenvalue weighted by atomic mass is 10.0. The van der Waals surface area contributed by atoms with Crippen molar-refractivity contribution in [3.63, 3.8) is 0 Å². The second-order valence-corrected chi connectivity index (χ2v) is 6.90. The van der Waals surface area contributed by atoms with Gasteiger partial charge in [0.25, 0.3) is 0 Å². The van der Waals surface area contributed by atoms with Gasteiger partial charge in [-0.15, -0.1) is 0 Å². The summed E-state index contributed by atoms with van der Waals surface area (Å²) in [4.78, 5) is 9.34. The van der Waals surface area contributed by atoms with Crippen molar-refractivity contribution in [1.29, 1.82) is 0 Å². The van der Waals surface area contributed by atoms with Gasteiger partial charge in [0.05, 0.1) is 0 Å². The Kier molecular flexibility index (Phi) is 5.21. The topological polar surface area (TPSA) is 52.4 Å². The fraction of sp³-hybridized carbons (Fsp3) is 0.364. The summed E-state index contributed by atoms with van der Waals surface area (Å²) in [5.41, 5.74) is 2.31. The van der Waals surface area contributed by atoms with Crippen molar-refractivity contribution in [2.45, 2.75) is 38.1 Å². The molecule has 5 heteroatoms. The summed E-state index contributed by atoms with van der Waals surface area (Å²) in [6.07, 6.45) is 0.0158. The summed E-state index contributed by atoms with van der Waals surface area (Å²) in [5.74, 6) is 1.25. The zero-order chi connectivity index (χ0) is 18.6. The smallest absolute Gasteiger partial charge is 0.211 e. The predicted molar refractivity (Wildman–Crippen MR) is 105 cm³/mol. The lowest BCUT2D eigenvalue weighted by Gasteiger charge is -2.13. The third-order valence-corrected chi connectivity index (χ3v) is 4.83. The molecule has 2 heterocycles. The van der Waals surface area contributed by atoms with Crippen LogP contribution in [0.15, 0.2) is 70.6 Å². The normalized spacial score (nSPS) is 26.9. The first-order valence-electron chi connectivity index (χ1n) is 9.35. The zero-order valence-corrected chi connectivity index (χ0v) is 15.6. The Bertz CT molecular complexity index is 750. The number of rotatable bonds is 6. The average molecular weight is 364 g/mol. The van der Waals surface area contributed by atoms with Crippen LogP contribution in [0, 0.1) is 0 Å². The van der Waals surface area contributed by atoms with Crippen LogP contribution in [0.1, 0.15) is 37.1 Å². The van der Waals surface area contributed by atoms with E-state index in [1.165, 1.54) is 0 Å². The number of ether oxygens (including phenoxy) is 3. The highest BCUT2D eigenvalue weighted by Gasteiger charge is 2.30. The second kappa shape index (κ2) is 7.92. The Labute approximate surface area is 159 Å². The fourth-order valence-corrected chi connectivity index (χ4v) is 3.50. The molecule has 2 aliphatic rings. The van der Waals surface area contributed by atoms with Gasteiger partial charge in [0.2, 0.25) is 11.8 Å². The van der Waals surface area contributed by atoms with Crippen molar-refractivity contribution in [2.75, 3.05) is 13.2 Å². The zero-order valence-electron chi connectivity index (χ0n) is 15.6. The molecule has 5 nitrogen and oxygen atoms in total. The molecule has 0 aromatic heterocycles.